The van der Waals surface area contributed by atoms with Crippen molar-refractivity contribution in [3.63, 3.8) is 0 Å². The highest BCUT2D eigenvalue weighted by molar-refractivity contribution is 9.10. The van der Waals surface area contributed by atoms with Crippen LogP contribution in [0.15, 0.2) is 16.6 Å². The normalized spacial score (nSPS) is 17.9. The average Bonchev–Trinajstić information content (AvgIpc) is 2.37. The van der Waals surface area contributed by atoms with E-state index in [9.17, 15) is 5.11 Å². The van der Waals surface area contributed by atoms with Gasteiger partial charge in [0.25, 0.3) is 0 Å². The molecule has 5 heteroatoms. The zero-order valence-electron chi connectivity index (χ0n) is 11.6. The summed E-state index contributed by atoms with van der Waals surface area (Å²) in [5, 5.41) is 10.0. The summed E-state index contributed by atoms with van der Waals surface area (Å²) < 4.78 is 11.6. The Morgan fingerprint density at radius 3 is 2.42 bits per heavy atom. The number of β-amino-alcohol motifs (C(OH)–C–C–N with tert-alkyl or cyclic N) is 1. The maximum Gasteiger partial charge on any atom is 0.133 e. The molecule has 4 nitrogen and oxygen atoms in total. The van der Waals surface area contributed by atoms with E-state index in [0.29, 0.717) is 13.1 Å². The first-order valence-corrected chi connectivity index (χ1v) is 7.16. The van der Waals surface area contributed by atoms with E-state index in [-0.39, 0.29) is 0 Å². The molecule has 0 atom stereocenters. The maximum absolute atomic E-state index is 10.0. The number of hydrogen-bond donors (Lipinski definition) is 1. The standard InChI is InChI=1S/C14H20BrNO3/c1-4-14(17)8-16(9-14)7-10-5-13(19-3)11(15)6-12(10)18-2/h5-6,17H,4,7-9H2,1-3H3. The Bertz CT molecular complexity index is 458. The lowest BCUT2D eigenvalue weighted by Gasteiger charge is -2.46. The van der Waals surface area contributed by atoms with Crippen LogP contribution in [-0.4, -0.2) is 42.9 Å². The third kappa shape index (κ3) is 3.04. The van der Waals surface area contributed by atoms with Crippen LogP contribution in [0, 0.1) is 0 Å². The molecule has 1 heterocycles. The van der Waals surface area contributed by atoms with Crippen molar-refractivity contribution in [2.75, 3.05) is 27.3 Å². The van der Waals surface area contributed by atoms with Crippen LogP contribution >= 0.6 is 15.9 Å². The Balaban J connectivity index is 2.12. The van der Waals surface area contributed by atoms with Crippen molar-refractivity contribution >= 4 is 15.9 Å². The first-order valence-electron chi connectivity index (χ1n) is 6.36. The van der Waals surface area contributed by atoms with Crippen molar-refractivity contribution in [1.29, 1.82) is 0 Å². The molecule has 1 aliphatic heterocycles. The second-order valence-electron chi connectivity index (χ2n) is 5.02. The Kier molecular flexibility index (Phi) is 4.38. The van der Waals surface area contributed by atoms with E-state index in [4.69, 9.17) is 9.47 Å². The quantitative estimate of drug-likeness (QED) is 0.900. The van der Waals surface area contributed by atoms with E-state index in [2.05, 4.69) is 20.8 Å². The van der Waals surface area contributed by atoms with Crippen molar-refractivity contribution in [2.24, 2.45) is 0 Å². The van der Waals surface area contributed by atoms with Crippen LogP contribution < -0.4 is 9.47 Å². The predicted octanol–water partition coefficient (Wildman–Crippen LogP) is 2.42. The molecule has 0 saturated carbocycles. The molecule has 0 bridgehead atoms. The van der Waals surface area contributed by atoms with Gasteiger partial charge in [-0.3, -0.25) is 4.90 Å². The zero-order valence-corrected chi connectivity index (χ0v) is 13.2. The molecular formula is C14H20BrNO3. The number of rotatable bonds is 5. The number of ether oxygens (including phenoxy) is 2. The van der Waals surface area contributed by atoms with Crippen LogP contribution in [0.4, 0.5) is 0 Å². The first-order chi connectivity index (χ1) is 9.01. The second kappa shape index (κ2) is 5.69. The smallest absolute Gasteiger partial charge is 0.133 e. The van der Waals surface area contributed by atoms with Gasteiger partial charge >= 0.3 is 0 Å². The summed E-state index contributed by atoms with van der Waals surface area (Å²) in [4.78, 5) is 2.20. The van der Waals surface area contributed by atoms with Gasteiger partial charge in [0.15, 0.2) is 0 Å². The van der Waals surface area contributed by atoms with Crippen molar-refractivity contribution in [2.45, 2.75) is 25.5 Å². The zero-order chi connectivity index (χ0) is 14.0. The summed E-state index contributed by atoms with van der Waals surface area (Å²) in [5.41, 5.74) is 0.563. The molecule has 0 amide bonds. The Morgan fingerprint density at radius 2 is 1.89 bits per heavy atom. The molecule has 2 rings (SSSR count). The van der Waals surface area contributed by atoms with E-state index in [0.717, 1.165) is 34.5 Å². The lowest BCUT2D eigenvalue weighted by molar-refractivity contribution is -0.103. The van der Waals surface area contributed by atoms with Gasteiger partial charge in [-0.2, -0.15) is 0 Å². The van der Waals surface area contributed by atoms with Gasteiger partial charge in [-0.05, 0) is 34.5 Å². The largest absolute Gasteiger partial charge is 0.496 e. The summed E-state index contributed by atoms with van der Waals surface area (Å²) in [6.45, 7) is 4.20. The van der Waals surface area contributed by atoms with Gasteiger partial charge in [-0.25, -0.2) is 0 Å². The molecular weight excluding hydrogens is 310 g/mol. The van der Waals surface area contributed by atoms with E-state index in [1.54, 1.807) is 14.2 Å². The number of nitrogens with zero attached hydrogens (tertiary/aromatic N) is 1. The lowest BCUT2D eigenvalue weighted by Crippen LogP contribution is -2.60. The topological polar surface area (TPSA) is 41.9 Å². The van der Waals surface area contributed by atoms with E-state index in [1.807, 2.05) is 19.1 Å². The van der Waals surface area contributed by atoms with Crippen LogP contribution in [0.3, 0.4) is 0 Å². The molecule has 0 aliphatic carbocycles. The third-order valence-electron chi connectivity index (χ3n) is 3.64. The molecule has 1 aromatic rings. The minimum Gasteiger partial charge on any atom is -0.496 e. The first kappa shape index (κ1) is 14.6. The highest BCUT2D eigenvalue weighted by Gasteiger charge is 2.39. The monoisotopic (exact) mass is 329 g/mol. The van der Waals surface area contributed by atoms with Crippen LogP contribution in [0.2, 0.25) is 0 Å². The van der Waals surface area contributed by atoms with Crippen LogP contribution in [0.1, 0.15) is 18.9 Å². The molecule has 1 N–H and O–H groups in total. The van der Waals surface area contributed by atoms with Crippen LogP contribution in [-0.2, 0) is 6.54 Å². The molecule has 0 spiro atoms. The Labute approximate surface area is 122 Å². The van der Waals surface area contributed by atoms with E-state index in [1.165, 1.54) is 0 Å². The molecule has 0 radical (unpaired) electrons. The molecule has 0 unspecified atom stereocenters. The predicted molar refractivity (Wildman–Crippen MR) is 77.8 cm³/mol. The van der Waals surface area contributed by atoms with Crippen molar-refractivity contribution in [1.82, 2.24) is 4.90 Å². The molecule has 1 saturated heterocycles. The molecule has 1 aliphatic rings. The fraction of sp³-hybridized carbons (Fsp3) is 0.571. The number of halogens is 1. The molecule has 19 heavy (non-hydrogen) atoms. The fourth-order valence-corrected chi connectivity index (χ4v) is 2.89. The summed E-state index contributed by atoms with van der Waals surface area (Å²) in [6, 6.07) is 3.90. The highest BCUT2D eigenvalue weighted by atomic mass is 79.9. The number of aliphatic hydroxyl groups is 1. The summed E-state index contributed by atoms with van der Waals surface area (Å²) >= 11 is 3.45. The van der Waals surface area contributed by atoms with E-state index >= 15 is 0 Å². The van der Waals surface area contributed by atoms with E-state index < -0.39 is 5.60 Å². The number of methoxy groups -OCH3 is 2. The second-order valence-corrected chi connectivity index (χ2v) is 5.88. The van der Waals surface area contributed by atoms with Crippen molar-refractivity contribution in [3.05, 3.63) is 22.2 Å². The summed E-state index contributed by atoms with van der Waals surface area (Å²) in [6.07, 6.45) is 0.796. The number of benzene rings is 1. The van der Waals surface area contributed by atoms with Crippen LogP contribution in [0.25, 0.3) is 0 Å². The molecule has 106 valence electrons. The lowest BCUT2D eigenvalue weighted by atomic mass is 9.91. The average molecular weight is 330 g/mol. The Hall–Kier alpha value is -0.780. The van der Waals surface area contributed by atoms with Gasteiger partial charge in [0, 0.05) is 25.2 Å². The van der Waals surface area contributed by atoms with Gasteiger partial charge in [0.05, 0.1) is 24.3 Å². The number of likely N-dealkylation sites (tertiary alicyclic amines) is 1. The highest BCUT2D eigenvalue weighted by Crippen LogP contribution is 2.35. The molecule has 1 aromatic carbocycles. The Morgan fingerprint density at radius 1 is 1.26 bits per heavy atom. The van der Waals surface area contributed by atoms with Crippen molar-refractivity contribution < 1.29 is 14.6 Å². The van der Waals surface area contributed by atoms with Gasteiger partial charge in [0.2, 0.25) is 0 Å². The van der Waals surface area contributed by atoms with Crippen molar-refractivity contribution in [3.8, 4) is 11.5 Å². The van der Waals surface area contributed by atoms with Gasteiger partial charge in [-0.1, -0.05) is 6.92 Å². The molecule has 1 fully saturated rings. The minimum atomic E-state index is -0.507. The minimum absolute atomic E-state index is 0.507. The third-order valence-corrected chi connectivity index (χ3v) is 4.26. The summed E-state index contributed by atoms with van der Waals surface area (Å²) in [5.74, 6) is 1.63. The van der Waals surface area contributed by atoms with Gasteiger partial charge in [0.1, 0.15) is 11.5 Å². The maximum atomic E-state index is 10.0. The number of hydrogen-bond acceptors (Lipinski definition) is 4. The van der Waals surface area contributed by atoms with Crippen LogP contribution in [0.5, 0.6) is 11.5 Å². The molecule has 0 aromatic heterocycles. The SMILES string of the molecule is CCC1(O)CN(Cc2cc(OC)c(Br)cc2OC)C1. The summed E-state index contributed by atoms with van der Waals surface area (Å²) in [7, 11) is 3.31. The van der Waals surface area contributed by atoms with Gasteiger partial charge in [-0.15, -0.1) is 0 Å². The fourth-order valence-electron chi connectivity index (χ4n) is 2.41. The van der Waals surface area contributed by atoms with Gasteiger partial charge < -0.3 is 14.6 Å².